The van der Waals surface area contributed by atoms with Crippen molar-refractivity contribution in [3.63, 3.8) is 0 Å². The molecule has 1 aromatic heterocycles. The number of rotatable bonds is 5. The zero-order chi connectivity index (χ0) is 13.7. The largest absolute Gasteiger partial charge is 0.464 e. The third kappa shape index (κ3) is 4.17. The summed E-state index contributed by atoms with van der Waals surface area (Å²) in [4.78, 5) is 14.8. The van der Waals surface area contributed by atoms with Crippen molar-refractivity contribution in [3.05, 3.63) is 54.0 Å². The fraction of sp³-hybridized carbons (Fsp3) is 0.267. The Morgan fingerprint density at radius 3 is 2.58 bits per heavy atom. The van der Waals surface area contributed by atoms with Crippen LogP contribution in [0.2, 0.25) is 0 Å². The van der Waals surface area contributed by atoms with Crippen molar-refractivity contribution < 1.29 is 9.21 Å². The van der Waals surface area contributed by atoms with Crippen molar-refractivity contribution in [2.45, 2.75) is 18.4 Å². The van der Waals surface area contributed by atoms with E-state index >= 15 is 0 Å². The highest BCUT2D eigenvalue weighted by molar-refractivity contribution is 8.00. The Balaban J connectivity index is 1.82. The molecule has 0 aliphatic carbocycles. The molecule has 0 saturated carbocycles. The molecule has 0 N–H and O–H groups in total. The molecule has 1 amide bonds. The van der Waals surface area contributed by atoms with E-state index in [1.165, 1.54) is 0 Å². The van der Waals surface area contributed by atoms with Crippen LogP contribution < -0.4 is 0 Å². The Morgan fingerprint density at radius 2 is 1.95 bits per heavy atom. The van der Waals surface area contributed by atoms with E-state index in [-0.39, 0.29) is 5.91 Å². The van der Waals surface area contributed by atoms with Crippen molar-refractivity contribution in [3.8, 4) is 0 Å². The maximum Gasteiger partial charge on any atom is 0.233 e. The molecular weight excluding hydrogens is 258 g/mol. The lowest BCUT2D eigenvalue weighted by Gasteiger charge is -2.15. The van der Waals surface area contributed by atoms with E-state index in [4.69, 9.17) is 4.42 Å². The SMILES string of the molecule is Cc1ccc(CN(C)C(=O)CSc2ccccc2)o1. The van der Waals surface area contributed by atoms with Crippen LogP contribution >= 0.6 is 11.8 Å². The van der Waals surface area contributed by atoms with Gasteiger partial charge in [0.2, 0.25) is 5.91 Å². The van der Waals surface area contributed by atoms with E-state index in [9.17, 15) is 4.79 Å². The number of carbonyl (C=O) groups excluding carboxylic acids is 1. The number of hydrogen-bond acceptors (Lipinski definition) is 3. The number of benzene rings is 1. The smallest absolute Gasteiger partial charge is 0.233 e. The molecule has 4 heteroatoms. The number of nitrogens with zero attached hydrogens (tertiary/aromatic N) is 1. The lowest BCUT2D eigenvalue weighted by Crippen LogP contribution is -2.27. The molecule has 1 heterocycles. The van der Waals surface area contributed by atoms with Crippen molar-refractivity contribution in [1.29, 1.82) is 0 Å². The second kappa shape index (κ2) is 6.48. The summed E-state index contributed by atoms with van der Waals surface area (Å²) in [6.45, 7) is 2.42. The summed E-state index contributed by atoms with van der Waals surface area (Å²) in [5, 5.41) is 0. The molecule has 0 fully saturated rings. The molecule has 0 radical (unpaired) electrons. The molecule has 0 bridgehead atoms. The summed E-state index contributed by atoms with van der Waals surface area (Å²) in [6, 6.07) is 13.7. The molecule has 0 aliphatic heterocycles. The number of carbonyl (C=O) groups is 1. The molecule has 0 aliphatic rings. The first-order chi connectivity index (χ1) is 9.15. The van der Waals surface area contributed by atoms with Gasteiger partial charge in [-0.1, -0.05) is 18.2 Å². The number of amides is 1. The van der Waals surface area contributed by atoms with Gasteiger partial charge in [-0.05, 0) is 31.2 Å². The lowest BCUT2D eigenvalue weighted by atomic mass is 10.4. The van der Waals surface area contributed by atoms with Gasteiger partial charge in [0.05, 0.1) is 12.3 Å². The summed E-state index contributed by atoms with van der Waals surface area (Å²) in [5.74, 6) is 2.23. The van der Waals surface area contributed by atoms with Crippen LogP contribution in [0.3, 0.4) is 0 Å². The number of hydrogen-bond donors (Lipinski definition) is 0. The highest BCUT2D eigenvalue weighted by Gasteiger charge is 2.11. The second-order valence-electron chi connectivity index (χ2n) is 4.36. The molecule has 0 spiro atoms. The summed E-state index contributed by atoms with van der Waals surface area (Å²) < 4.78 is 5.47. The van der Waals surface area contributed by atoms with E-state index in [2.05, 4.69) is 0 Å². The molecule has 0 atom stereocenters. The second-order valence-corrected chi connectivity index (χ2v) is 5.41. The fourth-order valence-electron chi connectivity index (χ4n) is 1.66. The molecule has 0 saturated heterocycles. The van der Waals surface area contributed by atoms with Gasteiger partial charge in [-0.2, -0.15) is 0 Å². The van der Waals surface area contributed by atoms with E-state index in [0.29, 0.717) is 12.3 Å². The molecule has 2 aromatic rings. The van der Waals surface area contributed by atoms with Crippen LogP contribution in [0.5, 0.6) is 0 Å². The van der Waals surface area contributed by atoms with Crippen LogP contribution in [0.4, 0.5) is 0 Å². The zero-order valence-electron chi connectivity index (χ0n) is 11.1. The van der Waals surface area contributed by atoms with Gasteiger partial charge in [0, 0.05) is 11.9 Å². The molecule has 2 rings (SSSR count). The highest BCUT2D eigenvalue weighted by Crippen LogP contribution is 2.17. The van der Waals surface area contributed by atoms with E-state index < -0.39 is 0 Å². The minimum atomic E-state index is 0.0999. The van der Waals surface area contributed by atoms with Gasteiger partial charge in [0.25, 0.3) is 0 Å². The average Bonchev–Trinajstić information content (AvgIpc) is 2.82. The minimum absolute atomic E-state index is 0.0999. The predicted octanol–water partition coefficient (Wildman–Crippen LogP) is 3.34. The van der Waals surface area contributed by atoms with Crippen molar-refractivity contribution in [2.24, 2.45) is 0 Å². The van der Waals surface area contributed by atoms with Crippen LogP contribution in [-0.2, 0) is 11.3 Å². The van der Waals surface area contributed by atoms with Gasteiger partial charge in [0.15, 0.2) is 0 Å². The van der Waals surface area contributed by atoms with Crippen LogP contribution in [0.25, 0.3) is 0 Å². The first-order valence-corrected chi connectivity index (χ1v) is 7.11. The standard InChI is InChI=1S/C15H17NO2S/c1-12-8-9-13(18-12)10-16(2)15(17)11-19-14-6-4-3-5-7-14/h3-9H,10-11H2,1-2H3. The topological polar surface area (TPSA) is 33.5 Å². The monoisotopic (exact) mass is 275 g/mol. The normalized spacial score (nSPS) is 10.4. The third-order valence-electron chi connectivity index (χ3n) is 2.72. The predicted molar refractivity (Wildman–Crippen MR) is 77.1 cm³/mol. The first-order valence-electron chi connectivity index (χ1n) is 6.12. The maximum absolute atomic E-state index is 12.0. The number of furan rings is 1. The molecule has 19 heavy (non-hydrogen) atoms. The molecule has 0 unspecified atom stereocenters. The van der Waals surface area contributed by atoms with Gasteiger partial charge in [-0.3, -0.25) is 4.79 Å². The Morgan fingerprint density at radius 1 is 1.21 bits per heavy atom. The van der Waals surface area contributed by atoms with Gasteiger partial charge < -0.3 is 9.32 Å². The Labute approximate surface area is 117 Å². The van der Waals surface area contributed by atoms with Gasteiger partial charge in [-0.25, -0.2) is 0 Å². The van der Waals surface area contributed by atoms with Crippen LogP contribution in [-0.4, -0.2) is 23.6 Å². The summed E-state index contributed by atoms with van der Waals surface area (Å²) in [7, 11) is 1.80. The summed E-state index contributed by atoms with van der Waals surface area (Å²) >= 11 is 1.55. The van der Waals surface area contributed by atoms with Gasteiger partial charge >= 0.3 is 0 Å². The van der Waals surface area contributed by atoms with E-state index in [1.54, 1.807) is 23.7 Å². The summed E-state index contributed by atoms with van der Waals surface area (Å²) in [5.41, 5.74) is 0. The lowest BCUT2D eigenvalue weighted by molar-refractivity contribution is -0.127. The average molecular weight is 275 g/mol. The van der Waals surface area contributed by atoms with Crippen LogP contribution in [0, 0.1) is 6.92 Å². The third-order valence-corrected chi connectivity index (χ3v) is 3.72. The molecular formula is C15H17NO2S. The summed E-state index contributed by atoms with van der Waals surface area (Å²) in [6.07, 6.45) is 0. The van der Waals surface area contributed by atoms with E-state index in [0.717, 1.165) is 16.4 Å². The minimum Gasteiger partial charge on any atom is -0.464 e. The Hall–Kier alpha value is -1.68. The van der Waals surface area contributed by atoms with E-state index in [1.807, 2.05) is 49.4 Å². The number of thioether (sulfide) groups is 1. The maximum atomic E-state index is 12.0. The fourth-order valence-corrected chi connectivity index (χ4v) is 2.52. The van der Waals surface area contributed by atoms with Crippen molar-refractivity contribution in [2.75, 3.05) is 12.8 Å². The first kappa shape index (κ1) is 13.7. The molecule has 1 aromatic carbocycles. The van der Waals surface area contributed by atoms with Crippen LogP contribution in [0.1, 0.15) is 11.5 Å². The van der Waals surface area contributed by atoms with Gasteiger partial charge in [-0.15, -0.1) is 11.8 Å². The van der Waals surface area contributed by atoms with Crippen molar-refractivity contribution >= 4 is 17.7 Å². The van der Waals surface area contributed by atoms with Gasteiger partial charge in [0.1, 0.15) is 11.5 Å². The highest BCUT2D eigenvalue weighted by atomic mass is 32.2. The molecule has 3 nitrogen and oxygen atoms in total. The van der Waals surface area contributed by atoms with Crippen molar-refractivity contribution in [1.82, 2.24) is 4.90 Å². The molecule has 100 valence electrons. The Bertz CT molecular complexity index is 536. The number of aryl methyl sites for hydroxylation is 1. The van der Waals surface area contributed by atoms with Crippen LogP contribution in [0.15, 0.2) is 51.8 Å². The Kier molecular flexibility index (Phi) is 4.68. The quantitative estimate of drug-likeness (QED) is 0.785. The zero-order valence-corrected chi connectivity index (χ0v) is 11.9.